The molecular weight excluding hydrogens is 359 g/mol. The van der Waals surface area contributed by atoms with Crippen LogP contribution in [0.2, 0.25) is 0 Å². The number of fused-ring (bicyclic) bond motifs is 1. The van der Waals surface area contributed by atoms with Gasteiger partial charge in [0.15, 0.2) is 5.84 Å². The first-order chi connectivity index (χ1) is 13.0. The van der Waals surface area contributed by atoms with Gasteiger partial charge in [0.05, 0.1) is 12.6 Å². The number of aliphatic hydroxyl groups is 1. The normalized spacial score (nSPS) is 17.0. The van der Waals surface area contributed by atoms with E-state index in [1.54, 1.807) is 6.07 Å². The summed E-state index contributed by atoms with van der Waals surface area (Å²) in [7, 11) is 0. The Balaban J connectivity index is 1.77. The number of ether oxygens (including phenoxy) is 1. The van der Waals surface area contributed by atoms with Crippen LogP contribution >= 0.6 is 0 Å². The van der Waals surface area contributed by atoms with Crippen molar-refractivity contribution in [3.8, 4) is 5.88 Å². The summed E-state index contributed by atoms with van der Waals surface area (Å²) < 4.78 is 23.6. The van der Waals surface area contributed by atoms with Crippen molar-refractivity contribution in [3.05, 3.63) is 40.8 Å². The van der Waals surface area contributed by atoms with E-state index in [1.807, 2.05) is 5.48 Å². The van der Waals surface area contributed by atoms with Crippen LogP contribution in [0, 0.1) is 5.82 Å². The zero-order valence-corrected chi connectivity index (χ0v) is 14.6. The number of aliphatic hydroxyl groups excluding tert-OH is 1. The average molecular weight is 378 g/mol. The highest BCUT2D eigenvalue weighted by molar-refractivity contribution is 5.98. The minimum Gasteiger partial charge on any atom is -0.468 e. The predicted octanol–water partition coefficient (Wildman–Crippen LogP) is 1.34. The van der Waals surface area contributed by atoms with Gasteiger partial charge in [0.25, 0.3) is 5.88 Å². The summed E-state index contributed by atoms with van der Waals surface area (Å²) >= 11 is 0. The van der Waals surface area contributed by atoms with Gasteiger partial charge in [0.2, 0.25) is 5.69 Å². The number of aromatic nitrogens is 2. The van der Waals surface area contributed by atoms with Crippen LogP contribution in [0.25, 0.3) is 0 Å². The molecular formula is C17H19FN4O5. The molecule has 0 saturated heterocycles. The summed E-state index contributed by atoms with van der Waals surface area (Å²) in [6, 6.07) is 4.11. The fourth-order valence-corrected chi connectivity index (χ4v) is 2.78. The van der Waals surface area contributed by atoms with Crippen LogP contribution in [0.3, 0.4) is 0 Å². The molecule has 1 aliphatic rings. The number of nitrogens with zero attached hydrogens (tertiary/aromatic N) is 3. The second-order valence-electron chi connectivity index (χ2n) is 6.23. The number of amidine groups is 1. The maximum atomic E-state index is 13.4. The highest BCUT2D eigenvalue weighted by atomic mass is 19.1. The lowest BCUT2D eigenvalue weighted by molar-refractivity contribution is -0.117. The lowest BCUT2D eigenvalue weighted by Crippen LogP contribution is -2.27. The second kappa shape index (κ2) is 8.23. The molecule has 0 fully saturated rings. The quantitative estimate of drug-likeness (QED) is 0.356. The van der Waals surface area contributed by atoms with Crippen LogP contribution < -0.4 is 10.2 Å². The lowest BCUT2D eigenvalue weighted by atomic mass is 9.83. The molecule has 0 saturated carbocycles. The zero-order valence-electron chi connectivity index (χ0n) is 14.6. The first-order valence-electron chi connectivity index (χ1n) is 8.38. The molecule has 1 aromatic heterocycles. The van der Waals surface area contributed by atoms with Crippen molar-refractivity contribution < 1.29 is 28.9 Å². The number of nitrogens with one attached hydrogen (secondary N) is 1. The molecule has 9 nitrogen and oxygen atoms in total. The van der Waals surface area contributed by atoms with E-state index in [9.17, 15) is 19.5 Å². The number of Topliss-reactive ketones (excluding diaryl/α,β-unsaturated/α-hetero) is 1. The van der Waals surface area contributed by atoms with Crippen molar-refractivity contribution in [2.75, 3.05) is 6.61 Å². The highest BCUT2D eigenvalue weighted by Crippen LogP contribution is 2.37. The van der Waals surface area contributed by atoms with Crippen molar-refractivity contribution in [2.45, 2.75) is 38.3 Å². The maximum absolute atomic E-state index is 13.4. The molecule has 2 atom stereocenters. The van der Waals surface area contributed by atoms with Crippen LogP contribution in [-0.4, -0.2) is 45.0 Å². The van der Waals surface area contributed by atoms with E-state index in [4.69, 9.17) is 4.74 Å². The zero-order chi connectivity index (χ0) is 19.4. The number of hydrogen-bond acceptors (Lipinski definition) is 8. The molecule has 0 unspecified atom stereocenters. The van der Waals surface area contributed by atoms with E-state index in [-0.39, 0.29) is 54.5 Å². The van der Waals surface area contributed by atoms with Gasteiger partial charge in [-0.15, -0.1) is 0 Å². The SMILES string of the molecule is CC(=O)CC[C@@H](CO)Oc1nonc1C(=N[C@H]1Cc2ccc(F)cc21)NO. The number of halogens is 1. The third-order valence-electron chi connectivity index (χ3n) is 4.25. The Morgan fingerprint density at radius 1 is 1.52 bits per heavy atom. The van der Waals surface area contributed by atoms with E-state index in [0.29, 0.717) is 6.42 Å². The van der Waals surface area contributed by atoms with Gasteiger partial charge in [-0.25, -0.2) is 9.02 Å². The van der Waals surface area contributed by atoms with Gasteiger partial charge in [-0.1, -0.05) is 6.07 Å². The predicted molar refractivity (Wildman–Crippen MR) is 90.0 cm³/mol. The third kappa shape index (κ3) is 4.29. The Bertz CT molecular complexity index is 854. The Hall–Kier alpha value is -2.85. The molecule has 0 bridgehead atoms. The molecule has 0 amide bonds. The summed E-state index contributed by atoms with van der Waals surface area (Å²) in [6.07, 6.45) is 0.403. The molecule has 2 aromatic rings. The van der Waals surface area contributed by atoms with E-state index in [0.717, 1.165) is 11.1 Å². The molecule has 0 radical (unpaired) electrons. The number of hydroxylamine groups is 1. The van der Waals surface area contributed by atoms with E-state index in [2.05, 4.69) is 19.9 Å². The molecule has 3 rings (SSSR count). The summed E-state index contributed by atoms with van der Waals surface area (Å²) in [5.74, 6) is -0.549. The lowest BCUT2D eigenvalue weighted by Gasteiger charge is -2.27. The van der Waals surface area contributed by atoms with Gasteiger partial charge in [0.1, 0.15) is 17.7 Å². The summed E-state index contributed by atoms with van der Waals surface area (Å²) in [5, 5.41) is 26.1. The first kappa shape index (κ1) is 18.9. The van der Waals surface area contributed by atoms with Gasteiger partial charge in [0, 0.05) is 6.42 Å². The average Bonchev–Trinajstić information content (AvgIpc) is 3.09. The van der Waals surface area contributed by atoms with Crippen molar-refractivity contribution in [1.82, 2.24) is 15.8 Å². The van der Waals surface area contributed by atoms with Gasteiger partial charge < -0.3 is 14.6 Å². The van der Waals surface area contributed by atoms with Gasteiger partial charge >= 0.3 is 0 Å². The van der Waals surface area contributed by atoms with E-state index >= 15 is 0 Å². The van der Waals surface area contributed by atoms with Crippen LogP contribution in [0.4, 0.5) is 4.39 Å². The number of carbonyl (C=O) groups excluding carboxylic acids is 1. The monoisotopic (exact) mass is 378 g/mol. The van der Waals surface area contributed by atoms with Crippen LogP contribution in [-0.2, 0) is 11.2 Å². The van der Waals surface area contributed by atoms with Crippen molar-refractivity contribution in [2.24, 2.45) is 4.99 Å². The van der Waals surface area contributed by atoms with Gasteiger partial charge in [-0.05, 0) is 53.3 Å². The first-order valence-corrected chi connectivity index (χ1v) is 8.38. The Kier molecular flexibility index (Phi) is 5.77. The maximum Gasteiger partial charge on any atom is 0.287 e. The minimum absolute atomic E-state index is 0.00336. The van der Waals surface area contributed by atoms with Crippen molar-refractivity contribution in [1.29, 1.82) is 0 Å². The minimum atomic E-state index is -0.696. The molecule has 0 spiro atoms. The molecule has 1 aliphatic carbocycles. The fourth-order valence-electron chi connectivity index (χ4n) is 2.78. The topological polar surface area (TPSA) is 130 Å². The van der Waals surface area contributed by atoms with Crippen molar-refractivity contribution in [3.63, 3.8) is 0 Å². The van der Waals surface area contributed by atoms with Gasteiger partial charge in [-0.2, -0.15) is 0 Å². The smallest absolute Gasteiger partial charge is 0.287 e. The molecule has 1 heterocycles. The number of hydrogen-bond donors (Lipinski definition) is 3. The third-order valence-corrected chi connectivity index (χ3v) is 4.25. The Morgan fingerprint density at radius 3 is 3.04 bits per heavy atom. The number of rotatable bonds is 8. The number of ketones is 1. The standard InChI is InChI=1S/C17H19FN4O5/c1-9(24)2-5-12(8-23)26-17-15(21-27-22-17)16(20-25)19-14-6-10-3-4-11(18)7-13(10)14/h3-4,7,12,14,23,25H,2,5-6,8H2,1H3,(H,19,20)/t12-,14-/m0/s1. The Morgan fingerprint density at radius 2 is 2.33 bits per heavy atom. The largest absolute Gasteiger partial charge is 0.468 e. The molecule has 144 valence electrons. The second-order valence-corrected chi connectivity index (χ2v) is 6.23. The van der Waals surface area contributed by atoms with Crippen LogP contribution in [0.15, 0.2) is 27.8 Å². The number of carbonyl (C=O) groups is 1. The number of aliphatic imine (C=N–C) groups is 1. The highest BCUT2D eigenvalue weighted by Gasteiger charge is 2.29. The molecule has 27 heavy (non-hydrogen) atoms. The molecule has 3 N–H and O–H groups in total. The number of benzene rings is 1. The van der Waals surface area contributed by atoms with E-state index < -0.39 is 6.10 Å². The molecule has 0 aliphatic heterocycles. The van der Waals surface area contributed by atoms with E-state index in [1.165, 1.54) is 19.1 Å². The molecule has 1 aromatic carbocycles. The summed E-state index contributed by atoms with van der Waals surface area (Å²) in [6.45, 7) is 1.10. The summed E-state index contributed by atoms with van der Waals surface area (Å²) in [5.41, 5.74) is 3.62. The van der Waals surface area contributed by atoms with Gasteiger partial charge in [-0.3, -0.25) is 15.7 Å². The van der Waals surface area contributed by atoms with Crippen LogP contribution in [0.5, 0.6) is 5.88 Å². The summed E-state index contributed by atoms with van der Waals surface area (Å²) in [4.78, 5) is 15.4. The van der Waals surface area contributed by atoms with Crippen LogP contribution in [0.1, 0.15) is 42.6 Å². The Labute approximate surface area is 153 Å². The fraction of sp³-hybridized carbons (Fsp3) is 0.412. The van der Waals surface area contributed by atoms with Crippen molar-refractivity contribution >= 4 is 11.6 Å². The molecule has 10 heteroatoms.